The minimum absolute atomic E-state index is 0.264. The van der Waals surface area contributed by atoms with Gasteiger partial charge in [0.05, 0.1) is 5.56 Å². The molecule has 152 valence electrons. The molecule has 0 bridgehead atoms. The Bertz CT molecular complexity index is 1150. The van der Waals surface area contributed by atoms with Crippen LogP contribution >= 0.6 is 0 Å². The molecule has 30 heavy (non-hydrogen) atoms. The molecule has 1 unspecified atom stereocenters. The monoisotopic (exact) mass is 401 g/mol. The number of hydrogen-bond donors (Lipinski definition) is 0. The molecule has 2 aromatic heterocycles. The lowest BCUT2D eigenvalue weighted by molar-refractivity contribution is 0.0279. The summed E-state index contributed by atoms with van der Waals surface area (Å²) < 4.78 is 13.4. The molecule has 0 aliphatic heterocycles. The molecule has 1 atom stereocenters. The quantitative estimate of drug-likeness (QED) is 0.419. The van der Waals surface area contributed by atoms with Crippen LogP contribution in [0.5, 0.6) is 0 Å². The maximum Gasteiger partial charge on any atom is 0.340 e. The Morgan fingerprint density at radius 1 is 1.03 bits per heavy atom. The SMILES string of the molecule is Cc1cc(C(=O)OC(C)c2nnc(-c3ccccc3)o2)c(C)n1Cc1ccccc1. The van der Waals surface area contributed by atoms with Crippen molar-refractivity contribution in [1.29, 1.82) is 0 Å². The molecule has 0 N–H and O–H groups in total. The first kappa shape index (κ1) is 19.6. The van der Waals surface area contributed by atoms with E-state index >= 15 is 0 Å². The zero-order valence-corrected chi connectivity index (χ0v) is 17.2. The molecular formula is C24H23N3O3. The Labute approximate surface area is 175 Å². The second kappa shape index (κ2) is 8.37. The summed E-state index contributed by atoms with van der Waals surface area (Å²) in [6.45, 7) is 6.34. The van der Waals surface area contributed by atoms with Crippen LogP contribution in [0.1, 0.15) is 46.2 Å². The van der Waals surface area contributed by atoms with E-state index in [0.29, 0.717) is 18.0 Å². The smallest absolute Gasteiger partial charge is 0.340 e. The molecule has 0 aliphatic rings. The van der Waals surface area contributed by atoms with Crippen LogP contribution < -0.4 is 0 Å². The van der Waals surface area contributed by atoms with E-state index in [2.05, 4.69) is 26.9 Å². The molecule has 2 aromatic carbocycles. The Morgan fingerprint density at radius 3 is 2.40 bits per heavy atom. The topological polar surface area (TPSA) is 70.2 Å². The second-order valence-electron chi connectivity index (χ2n) is 7.22. The van der Waals surface area contributed by atoms with Crippen molar-refractivity contribution in [2.45, 2.75) is 33.4 Å². The van der Waals surface area contributed by atoms with Gasteiger partial charge in [-0.1, -0.05) is 48.5 Å². The van der Waals surface area contributed by atoms with Crippen LogP contribution in [0.25, 0.3) is 11.5 Å². The highest BCUT2D eigenvalue weighted by Gasteiger charge is 2.23. The van der Waals surface area contributed by atoms with E-state index in [1.54, 1.807) is 6.92 Å². The van der Waals surface area contributed by atoms with Gasteiger partial charge in [0.25, 0.3) is 5.89 Å². The third kappa shape index (κ3) is 4.03. The maximum absolute atomic E-state index is 12.8. The van der Waals surface area contributed by atoms with E-state index < -0.39 is 12.1 Å². The number of rotatable bonds is 6. The van der Waals surface area contributed by atoms with Crippen molar-refractivity contribution in [1.82, 2.24) is 14.8 Å². The standard InChI is InChI=1S/C24H23N3O3/c1-16-14-21(17(2)27(16)15-19-10-6-4-7-11-19)24(28)29-18(3)22-25-26-23(30-22)20-12-8-5-9-13-20/h4-14,18H,15H2,1-3H3. The predicted molar refractivity (Wildman–Crippen MR) is 113 cm³/mol. The summed E-state index contributed by atoms with van der Waals surface area (Å²) in [7, 11) is 0. The number of hydrogen-bond acceptors (Lipinski definition) is 5. The third-order valence-corrected chi connectivity index (χ3v) is 5.07. The summed E-state index contributed by atoms with van der Waals surface area (Å²) in [5.41, 5.74) is 4.40. The molecule has 4 rings (SSSR count). The lowest BCUT2D eigenvalue weighted by Gasteiger charge is -2.11. The third-order valence-electron chi connectivity index (χ3n) is 5.07. The zero-order valence-electron chi connectivity index (χ0n) is 17.2. The number of ether oxygens (including phenoxy) is 1. The molecule has 6 nitrogen and oxygen atoms in total. The van der Waals surface area contributed by atoms with Gasteiger partial charge < -0.3 is 13.7 Å². The first-order chi connectivity index (χ1) is 14.5. The van der Waals surface area contributed by atoms with Gasteiger partial charge in [0.15, 0.2) is 6.10 Å². The fourth-order valence-electron chi connectivity index (χ4n) is 3.39. The molecule has 4 aromatic rings. The normalized spacial score (nSPS) is 12.0. The lowest BCUT2D eigenvalue weighted by atomic mass is 10.2. The Balaban J connectivity index is 1.49. The van der Waals surface area contributed by atoms with Gasteiger partial charge >= 0.3 is 5.97 Å². The molecule has 0 saturated heterocycles. The summed E-state index contributed by atoms with van der Waals surface area (Å²) >= 11 is 0. The highest BCUT2D eigenvalue weighted by atomic mass is 16.6. The average Bonchev–Trinajstić information content (AvgIpc) is 3.36. The summed E-state index contributed by atoms with van der Waals surface area (Å²) in [4.78, 5) is 12.8. The van der Waals surface area contributed by atoms with Crippen LogP contribution in [0.15, 0.2) is 71.1 Å². The summed E-state index contributed by atoms with van der Waals surface area (Å²) in [6.07, 6.45) is -0.653. The van der Waals surface area contributed by atoms with Crippen molar-refractivity contribution in [2.75, 3.05) is 0 Å². The molecule has 0 spiro atoms. The van der Waals surface area contributed by atoms with Gasteiger partial charge in [-0.25, -0.2) is 4.79 Å². The Morgan fingerprint density at radius 2 is 1.70 bits per heavy atom. The Kier molecular flexibility index (Phi) is 5.48. The first-order valence-corrected chi connectivity index (χ1v) is 9.83. The second-order valence-corrected chi connectivity index (χ2v) is 7.22. The summed E-state index contributed by atoms with van der Waals surface area (Å²) in [5.74, 6) is 0.254. The van der Waals surface area contributed by atoms with Crippen molar-refractivity contribution in [3.05, 3.63) is 95.1 Å². The molecule has 0 radical (unpaired) electrons. The largest absolute Gasteiger partial charge is 0.449 e. The van der Waals surface area contributed by atoms with Crippen LogP contribution in [0, 0.1) is 13.8 Å². The van der Waals surface area contributed by atoms with Crippen LogP contribution in [0.4, 0.5) is 0 Å². The number of benzene rings is 2. The van der Waals surface area contributed by atoms with Gasteiger partial charge in [-0.3, -0.25) is 0 Å². The van der Waals surface area contributed by atoms with E-state index in [0.717, 1.165) is 17.0 Å². The van der Waals surface area contributed by atoms with Crippen LogP contribution in [0.3, 0.4) is 0 Å². The van der Waals surface area contributed by atoms with Gasteiger partial charge in [0.1, 0.15) is 0 Å². The molecular weight excluding hydrogens is 378 g/mol. The minimum atomic E-state index is -0.653. The van der Waals surface area contributed by atoms with Crippen LogP contribution in [0.2, 0.25) is 0 Å². The van der Waals surface area contributed by atoms with Crippen molar-refractivity contribution in [3.63, 3.8) is 0 Å². The van der Waals surface area contributed by atoms with Crippen LogP contribution in [-0.4, -0.2) is 20.7 Å². The van der Waals surface area contributed by atoms with Gasteiger partial charge in [0.2, 0.25) is 5.89 Å². The maximum atomic E-state index is 12.8. The summed E-state index contributed by atoms with van der Waals surface area (Å²) in [5, 5.41) is 8.10. The zero-order chi connectivity index (χ0) is 21.1. The Hall–Kier alpha value is -3.67. The molecule has 0 fully saturated rings. The number of aromatic nitrogens is 3. The van der Waals surface area contributed by atoms with Crippen molar-refractivity contribution in [2.24, 2.45) is 0 Å². The number of carbonyl (C=O) groups excluding carboxylic acids is 1. The summed E-state index contributed by atoms with van der Waals surface area (Å²) in [6, 6.07) is 21.5. The van der Waals surface area contributed by atoms with Gasteiger partial charge in [-0.15, -0.1) is 10.2 Å². The van der Waals surface area contributed by atoms with E-state index in [4.69, 9.17) is 9.15 Å². The molecule has 6 heteroatoms. The van der Waals surface area contributed by atoms with Gasteiger partial charge in [0, 0.05) is 23.5 Å². The molecule has 0 aliphatic carbocycles. The number of nitrogens with zero attached hydrogens (tertiary/aromatic N) is 3. The molecule has 0 amide bonds. The number of esters is 1. The molecule has 2 heterocycles. The lowest BCUT2D eigenvalue weighted by Crippen LogP contribution is -2.11. The number of aryl methyl sites for hydroxylation is 1. The van der Waals surface area contributed by atoms with Crippen molar-refractivity contribution in [3.8, 4) is 11.5 Å². The van der Waals surface area contributed by atoms with E-state index in [9.17, 15) is 4.79 Å². The highest BCUT2D eigenvalue weighted by Crippen LogP contribution is 2.24. The molecule has 0 saturated carbocycles. The van der Waals surface area contributed by atoms with Gasteiger partial charge in [-0.2, -0.15) is 0 Å². The van der Waals surface area contributed by atoms with Crippen LogP contribution in [-0.2, 0) is 11.3 Å². The first-order valence-electron chi connectivity index (χ1n) is 9.83. The fourth-order valence-corrected chi connectivity index (χ4v) is 3.39. The number of carbonyl (C=O) groups is 1. The predicted octanol–water partition coefficient (Wildman–Crippen LogP) is 5.12. The van der Waals surface area contributed by atoms with E-state index in [1.807, 2.05) is 68.4 Å². The van der Waals surface area contributed by atoms with Gasteiger partial charge in [-0.05, 0) is 44.5 Å². The van der Waals surface area contributed by atoms with Crippen molar-refractivity contribution < 1.29 is 13.9 Å². The van der Waals surface area contributed by atoms with E-state index in [-0.39, 0.29) is 5.89 Å². The minimum Gasteiger partial charge on any atom is -0.449 e. The van der Waals surface area contributed by atoms with Crippen molar-refractivity contribution >= 4 is 5.97 Å². The van der Waals surface area contributed by atoms with E-state index in [1.165, 1.54) is 5.56 Å². The average molecular weight is 401 g/mol. The fraction of sp³-hybridized carbons (Fsp3) is 0.208. The highest BCUT2D eigenvalue weighted by molar-refractivity contribution is 5.91.